The number of aromatic nitrogens is 4. The normalized spacial score (nSPS) is 10.9. The Morgan fingerprint density at radius 1 is 0.929 bits per heavy atom. The zero-order chi connectivity index (χ0) is 19.7. The highest BCUT2D eigenvalue weighted by Gasteiger charge is 2.22. The van der Waals surface area contributed by atoms with Gasteiger partial charge < -0.3 is 14.2 Å². The fraction of sp³-hybridized carbons (Fsp3) is 0.190. The second-order valence-electron chi connectivity index (χ2n) is 6.21. The van der Waals surface area contributed by atoms with Gasteiger partial charge in [0, 0.05) is 36.6 Å². The molecule has 4 aromatic rings. The molecular weight excluding hydrogens is 356 g/mol. The predicted molar refractivity (Wildman–Crippen MR) is 107 cm³/mol. The number of pyridine rings is 2. The molecule has 4 rings (SSSR count). The van der Waals surface area contributed by atoms with Crippen LogP contribution in [0.2, 0.25) is 0 Å². The molecular formula is C21H20N4O3. The number of rotatable bonds is 5. The van der Waals surface area contributed by atoms with Crippen LogP contribution in [0, 0.1) is 0 Å². The standard InChI is InChI=1S/C21H20N4O3/c1-25-12-13(11-23-25)16-9-14(15-7-5-6-8-22-15)19-17(24-16)10-18(26-2)20(27-3)21(19)28-4/h5-12H,1-4H3. The summed E-state index contributed by atoms with van der Waals surface area (Å²) in [4.78, 5) is 9.38. The summed E-state index contributed by atoms with van der Waals surface area (Å²) in [5.41, 5.74) is 4.12. The minimum Gasteiger partial charge on any atom is -0.493 e. The van der Waals surface area contributed by atoms with E-state index in [1.807, 2.05) is 43.6 Å². The first-order chi connectivity index (χ1) is 13.7. The van der Waals surface area contributed by atoms with Crippen LogP contribution in [-0.2, 0) is 7.05 Å². The Kier molecular flexibility index (Phi) is 4.57. The molecule has 0 saturated carbocycles. The van der Waals surface area contributed by atoms with E-state index in [9.17, 15) is 0 Å². The second kappa shape index (κ2) is 7.19. The molecule has 0 spiro atoms. The van der Waals surface area contributed by atoms with E-state index in [1.54, 1.807) is 38.4 Å². The van der Waals surface area contributed by atoms with Crippen LogP contribution in [0.15, 0.2) is 48.9 Å². The Morgan fingerprint density at radius 2 is 1.75 bits per heavy atom. The summed E-state index contributed by atoms with van der Waals surface area (Å²) in [6, 6.07) is 9.64. The molecule has 7 heteroatoms. The van der Waals surface area contributed by atoms with Gasteiger partial charge in [0.15, 0.2) is 11.5 Å². The van der Waals surface area contributed by atoms with E-state index in [2.05, 4.69) is 10.1 Å². The molecule has 3 heterocycles. The summed E-state index contributed by atoms with van der Waals surface area (Å²) in [5, 5.41) is 5.07. The Bertz CT molecular complexity index is 1140. The lowest BCUT2D eigenvalue weighted by Crippen LogP contribution is -1.99. The Morgan fingerprint density at radius 3 is 2.36 bits per heavy atom. The summed E-state index contributed by atoms with van der Waals surface area (Å²) >= 11 is 0. The fourth-order valence-corrected chi connectivity index (χ4v) is 3.29. The fourth-order valence-electron chi connectivity index (χ4n) is 3.29. The monoisotopic (exact) mass is 376 g/mol. The number of hydrogen-bond donors (Lipinski definition) is 0. The zero-order valence-corrected chi connectivity index (χ0v) is 16.1. The smallest absolute Gasteiger partial charge is 0.204 e. The largest absolute Gasteiger partial charge is 0.493 e. The van der Waals surface area contributed by atoms with Crippen molar-refractivity contribution in [1.29, 1.82) is 0 Å². The van der Waals surface area contributed by atoms with Crippen molar-refractivity contribution in [2.24, 2.45) is 7.05 Å². The molecule has 0 radical (unpaired) electrons. The lowest BCUT2D eigenvalue weighted by Gasteiger charge is -2.17. The minimum atomic E-state index is 0.519. The van der Waals surface area contributed by atoms with Gasteiger partial charge in [0.1, 0.15) is 0 Å². The van der Waals surface area contributed by atoms with E-state index in [1.165, 1.54) is 0 Å². The molecule has 0 bridgehead atoms. The maximum absolute atomic E-state index is 5.71. The van der Waals surface area contributed by atoms with Crippen LogP contribution < -0.4 is 14.2 Å². The topological polar surface area (TPSA) is 71.3 Å². The van der Waals surface area contributed by atoms with Gasteiger partial charge in [-0.25, -0.2) is 4.98 Å². The third-order valence-electron chi connectivity index (χ3n) is 4.54. The van der Waals surface area contributed by atoms with E-state index >= 15 is 0 Å². The molecule has 142 valence electrons. The van der Waals surface area contributed by atoms with E-state index in [4.69, 9.17) is 19.2 Å². The van der Waals surface area contributed by atoms with Crippen molar-refractivity contribution < 1.29 is 14.2 Å². The molecule has 0 aliphatic heterocycles. The SMILES string of the molecule is COc1cc2nc(-c3cnn(C)c3)cc(-c3ccccn3)c2c(OC)c1OC. The van der Waals surface area contributed by atoms with Gasteiger partial charge in [-0.05, 0) is 18.2 Å². The highest BCUT2D eigenvalue weighted by Crippen LogP contribution is 2.46. The van der Waals surface area contributed by atoms with Gasteiger partial charge in [-0.1, -0.05) is 6.07 Å². The Labute approximate surface area is 162 Å². The number of methoxy groups -OCH3 is 3. The van der Waals surface area contributed by atoms with Crippen LogP contribution in [0.5, 0.6) is 17.2 Å². The lowest BCUT2D eigenvalue weighted by atomic mass is 10.0. The Balaban J connectivity index is 2.12. The third-order valence-corrected chi connectivity index (χ3v) is 4.54. The number of fused-ring (bicyclic) bond motifs is 1. The molecule has 0 fully saturated rings. The average Bonchev–Trinajstić information content (AvgIpc) is 3.18. The van der Waals surface area contributed by atoms with Gasteiger partial charge in [0.2, 0.25) is 5.75 Å². The van der Waals surface area contributed by atoms with E-state index in [-0.39, 0.29) is 0 Å². The Hall–Kier alpha value is -3.61. The van der Waals surface area contributed by atoms with Crippen LogP contribution in [-0.4, -0.2) is 41.1 Å². The van der Waals surface area contributed by atoms with Crippen LogP contribution in [0.3, 0.4) is 0 Å². The van der Waals surface area contributed by atoms with Crippen LogP contribution in [0.25, 0.3) is 33.4 Å². The van der Waals surface area contributed by atoms with E-state index in [0.29, 0.717) is 17.2 Å². The van der Waals surface area contributed by atoms with Crippen molar-refractivity contribution in [1.82, 2.24) is 19.7 Å². The lowest BCUT2D eigenvalue weighted by molar-refractivity contribution is 0.327. The molecule has 0 aliphatic carbocycles. The quantitative estimate of drug-likeness (QED) is 0.529. The summed E-state index contributed by atoms with van der Waals surface area (Å²) in [6.07, 6.45) is 5.47. The van der Waals surface area contributed by atoms with Crippen LogP contribution in [0.4, 0.5) is 0 Å². The molecule has 0 unspecified atom stereocenters. The third kappa shape index (κ3) is 2.90. The number of ether oxygens (including phenoxy) is 3. The number of nitrogens with zero attached hydrogens (tertiary/aromatic N) is 4. The highest BCUT2D eigenvalue weighted by atomic mass is 16.5. The first kappa shape index (κ1) is 17.8. The molecule has 0 aliphatic rings. The summed E-state index contributed by atoms with van der Waals surface area (Å²) in [6.45, 7) is 0. The van der Waals surface area contributed by atoms with E-state index in [0.717, 1.165) is 33.4 Å². The van der Waals surface area contributed by atoms with Crippen molar-refractivity contribution in [3.05, 3.63) is 48.9 Å². The summed E-state index contributed by atoms with van der Waals surface area (Å²) < 4.78 is 18.5. The molecule has 28 heavy (non-hydrogen) atoms. The predicted octanol–water partition coefficient (Wildman–Crippen LogP) is 3.72. The van der Waals surface area contributed by atoms with Gasteiger partial charge >= 0.3 is 0 Å². The molecule has 0 N–H and O–H groups in total. The molecule has 1 aromatic carbocycles. The second-order valence-corrected chi connectivity index (χ2v) is 6.21. The van der Waals surface area contributed by atoms with Gasteiger partial charge in [0.05, 0.1) is 49.8 Å². The van der Waals surface area contributed by atoms with Crippen molar-refractivity contribution in [2.45, 2.75) is 0 Å². The van der Waals surface area contributed by atoms with Gasteiger partial charge in [-0.3, -0.25) is 9.67 Å². The molecule has 0 saturated heterocycles. The van der Waals surface area contributed by atoms with Gasteiger partial charge in [-0.2, -0.15) is 5.10 Å². The zero-order valence-electron chi connectivity index (χ0n) is 16.1. The van der Waals surface area contributed by atoms with Crippen molar-refractivity contribution in [3.63, 3.8) is 0 Å². The van der Waals surface area contributed by atoms with Crippen molar-refractivity contribution >= 4 is 10.9 Å². The number of aryl methyl sites for hydroxylation is 1. The average molecular weight is 376 g/mol. The van der Waals surface area contributed by atoms with Crippen LogP contribution in [0.1, 0.15) is 0 Å². The van der Waals surface area contributed by atoms with Crippen LogP contribution >= 0.6 is 0 Å². The first-order valence-electron chi connectivity index (χ1n) is 8.70. The maximum atomic E-state index is 5.71. The molecule has 0 atom stereocenters. The number of benzene rings is 1. The minimum absolute atomic E-state index is 0.519. The van der Waals surface area contributed by atoms with Gasteiger partial charge in [0.25, 0.3) is 0 Å². The van der Waals surface area contributed by atoms with E-state index < -0.39 is 0 Å². The summed E-state index contributed by atoms with van der Waals surface area (Å²) in [7, 11) is 6.66. The molecule has 7 nitrogen and oxygen atoms in total. The first-order valence-corrected chi connectivity index (χ1v) is 8.70. The van der Waals surface area contributed by atoms with Crippen molar-refractivity contribution in [2.75, 3.05) is 21.3 Å². The number of hydrogen-bond acceptors (Lipinski definition) is 6. The maximum Gasteiger partial charge on any atom is 0.204 e. The molecule has 0 amide bonds. The highest BCUT2D eigenvalue weighted by molar-refractivity contribution is 6.02. The molecule has 3 aromatic heterocycles. The van der Waals surface area contributed by atoms with Crippen molar-refractivity contribution in [3.8, 4) is 39.8 Å². The van der Waals surface area contributed by atoms with Gasteiger partial charge in [-0.15, -0.1) is 0 Å². The summed E-state index contributed by atoms with van der Waals surface area (Å²) in [5.74, 6) is 1.63.